The van der Waals surface area contributed by atoms with E-state index in [-0.39, 0.29) is 17.8 Å². The number of hydrogen-bond donors (Lipinski definition) is 1. The van der Waals surface area contributed by atoms with E-state index in [0.717, 1.165) is 0 Å². The van der Waals surface area contributed by atoms with Gasteiger partial charge in [-0.05, 0) is 0 Å². The van der Waals surface area contributed by atoms with E-state index < -0.39 is 0 Å². The van der Waals surface area contributed by atoms with Crippen LogP contribution in [0.3, 0.4) is 0 Å². The molecule has 13 heavy (non-hydrogen) atoms. The summed E-state index contributed by atoms with van der Waals surface area (Å²) in [6.45, 7) is 2.80. The van der Waals surface area contributed by atoms with E-state index in [1.807, 2.05) is 0 Å². The number of carbonyl (C=O) groups is 1. The minimum Gasteiger partial charge on any atom is -0.339 e. The van der Waals surface area contributed by atoms with Crippen molar-refractivity contribution in [2.75, 3.05) is 13.1 Å². The Hall–Kier alpha value is -1.43. The Balaban J connectivity index is 2.06. The van der Waals surface area contributed by atoms with Gasteiger partial charge in [0.25, 0.3) is 11.7 Å². The number of carbonyl (C=O) groups excluding carboxylic acids is 1. The van der Waals surface area contributed by atoms with Gasteiger partial charge in [0.2, 0.25) is 5.89 Å². The van der Waals surface area contributed by atoms with Gasteiger partial charge in [0.05, 0.1) is 0 Å². The first-order valence-electron chi connectivity index (χ1n) is 4.02. The molecule has 6 nitrogen and oxygen atoms in total. The van der Waals surface area contributed by atoms with E-state index in [0.29, 0.717) is 19.0 Å². The number of amides is 1. The summed E-state index contributed by atoms with van der Waals surface area (Å²) in [5.74, 6) is 0.302. The maximum absolute atomic E-state index is 11.5. The number of nitrogens with two attached hydrogens (primary N) is 1. The number of aryl methyl sites for hydroxylation is 1. The van der Waals surface area contributed by atoms with Gasteiger partial charge in [0, 0.05) is 26.1 Å². The molecule has 0 aromatic carbocycles. The monoisotopic (exact) mass is 182 g/mol. The molecular formula is C7H10N4O2. The van der Waals surface area contributed by atoms with Gasteiger partial charge in [0.1, 0.15) is 0 Å². The highest BCUT2D eigenvalue weighted by atomic mass is 16.5. The van der Waals surface area contributed by atoms with Crippen molar-refractivity contribution in [3.05, 3.63) is 11.7 Å². The maximum atomic E-state index is 11.5. The Bertz CT molecular complexity index is 329. The van der Waals surface area contributed by atoms with Crippen molar-refractivity contribution >= 4 is 5.91 Å². The molecule has 70 valence electrons. The molecule has 1 saturated heterocycles. The average molecular weight is 182 g/mol. The van der Waals surface area contributed by atoms with Crippen LogP contribution in [0.2, 0.25) is 0 Å². The summed E-state index contributed by atoms with van der Waals surface area (Å²) in [5.41, 5.74) is 5.53. The Kier molecular flexibility index (Phi) is 1.77. The van der Waals surface area contributed by atoms with Crippen molar-refractivity contribution in [1.29, 1.82) is 0 Å². The highest BCUT2D eigenvalue weighted by molar-refractivity contribution is 5.90. The van der Waals surface area contributed by atoms with Gasteiger partial charge in [-0.3, -0.25) is 4.79 Å². The molecule has 1 aromatic heterocycles. The van der Waals surface area contributed by atoms with Gasteiger partial charge >= 0.3 is 0 Å². The maximum Gasteiger partial charge on any atom is 0.295 e. The quantitative estimate of drug-likeness (QED) is 0.612. The largest absolute Gasteiger partial charge is 0.339 e. The number of nitrogens with zero attached hydrogens (tertiary/aromatic N) is 3. The van der Waals surface area contributed by atoms with Crippen LogP contribution in [0.15, 0.2) is 4.52 Å². The Morgan fingerprint density at radius 2 is 2.38 bits per heavy atom. The molecule has 0 spiro atoms. The van der Waals surface area contributed by atoms with E-state index in [9.17, 15) is 4.79 Å². The summed E-state index contributed by atoms with van der Waals surface area (Å²) in [4.78, 5) is 16.9. The molecule has 0 radical (unpaired) electrons. The molecule has 0 aliphatic carbocycles. The molecule has 1 fully saturated rings. The second-order valence-corrected chi connectivity index (χ2v) is 3.11. The van der Waals surface area contributed by atoms with E-state index in [4.69, 9.17) is 10.3 Å². The van der Waals surface area contributed by atoms with Crippen LogP contribution in [0.1, 0.15) is 16.5 Å². The molecule has 1 aliphatic rings. The lowest BCUT2D eigenvalue weighted by atomic mass is 10.1. The standard InChI is InChI=1S/C7H10N4O2/c1-4-9-6(10-13-4)7(12)11-2-5(8)3-11/h5H,2-3,8H2,1H3. The van der Waals surface area contributed by atoms with Gasteiger partial charge in [-0.1, -0.05) is 5.16 Å². The molecule has 1 aliphatic heterocycles. The van der Waals surface area contributed by atoms with Crippen LogP contribution in [-0.4, -0.2) is 40.1 Å². The third-order valence-electron chi connectivity index (χ3n) is 1.92. The highest BCUT2D eigenvalue weighted by Crippen LogP contribution is 2.09. The number of aromatic nitrogens is 2. The number of likely N-dealkylation sites (tertiary alicyclic amines) is 1. The van der Waals surface area contributed by atoms with Crippen molar-refractivity contribution in [3.63, 3.8) is 0 Å². The molecule has 1 amide bonds. The molecule has 1 aromatic rings. The zero-order valence-corrected chi connectivity index (χ0v) is 7.23. The van der Waals surface area contributed by atoms with Crippen LogP contribution >= 0.6 is 0 Å². The van der Waals surface area contributed by atoms with Crippen LogP contribution in [-0.2, 0) is 0 Å². The lowest BCUT2D eigenvalue weighted by molar-refractivity contribution is 0.0592. The van der Waals surface area contributed by atoms with E-state index in [1.54, 1.807) is 11.8 Å². The SMILES string of the molecule is Cc1nc(C(=O)N2CC(N)C2)no1. The fourth-order valence-corrected chi connectivity index (χ4v) is 1.21. The van der Waals surface area contributed by atoms with Crippen LogP contribution in [0.25, 0.3) is 0 Å². The van der Waals surface area contributed by atoms with Gasteiger partial charge in [-0.2, -0.15) is 4.98 Å². The van der Waals surface area contributed by atoms with Crippen LogP contribution in [0, 0.1) is 6.92 Å². The molecule has 0 unspecified atom stereocenters. The molecule has 6 heteroatoms. The molecule has 0 atom stereocenters. The molecule has 2 N–H and O–H groups in total. The summed E-state index contributed by atoms with van der Waals surface area (Å²) >= 11 is 0. The second-order valence-electron chi connectivity index (χ2n) is 3.11. The molecule has 0 saturated carbocycles. The Morgan fingerprint density at radius 1 is 1.69 bits per heavy atom. The van der Waals surface area contributed by atoms with Crippen molar-refractivity contribution in [2.45, 2.75) is 13.0 Å². The second kappa shape index (κ2) is 2.81. The van der Waals surface area contributed by atoms with Crippen molar-refractivity contribution in [1.82, 2.24) is 15.0 Å². The zero-order chi connectivity index (χ0) is 9.42. The lowest BCUT2D eigenvalue weighted by Gasteiger charge is -2.35. The first-order valence-corrected chi connectivity index (χ1v) is 4.02. The van der Waals surface area contributed by atoms with Crippen LogP contribution in [0.5, 0.6) is 0 Å². The summed E-state index contributed by atoms with van der Waals surface area (Å²) in [7, 11) is 0. The minimum atomic E-state index is -0.210. The highest BCUT2D eigenvalue weighted by Gasteiger charge is 2.30. The van der Waals surface area contributed by atoms with Crippen molar-refractivity contribution in [2.24, 2.45) is 5.73 Å². The summed E-state index contributed by atoms with van der Waals surface area (Å²) in [5, 5.41) is 3.53. The smallest absolute Gasteiger partial charge is 0.295 e. The Labute approximate surface area is 74.7 Å². The summed E-state index contributed by atoms with van der Waals surface area (Å²) in [6, 6.07) is 0.0944. The van der Waals surface area contributed by atoms with E-state index >= 15 is 0 Å². The number of rotatable bonds is 1. The third-order valence-corrected chi connectivity index (χ3v) is 1.92. The molecule has 2 heterocycles. The van der Waals surface area contributed by atoms with Gasteiger partial charge in [0.15, 0.2) is 0 Å². The first kappa shape index (κ1) is 8.18. The fourth-order valence-electron chi connectivity index (χ4n) is 1.21. The van der Waals surface area contributed by atoms with Gasteiger partial charge in [-0.25, -0.2) is 0 Å². The average Bonchev–Trinajstić information content (AvgIpc) is 2.45. The van der Waals surface area contributed by atoms with E-state index in [1.165, 1.54) is 0 Å². The van der Waals surface area contributed by atoms with Crippen molar-refractivity contribution < 1.29 is 9.32 Å². The minimum absolute atomic E-state index is 0.0944. The van der Waals surface area contributed by atoms with Crippen LogP contribution in [0.4, 0.5) is 0 Å². The zero-order valence-electron chi connectivity index (χ0n) is 7.23. The normalized spacial score (nSPS) is 17.2. The first-order chi connectivity index (χ1) is 6.16. The summed E-state index contributed by atoms with van der Waals surface area (Å²) in [6.07, 6.45) is 0. The topological polar surface area (TPSA) is 85.2 Å². The summed E-state index contributed by atoms with van der Waals surface area (Å²) < 4.78 is 4.69. The molecule has 0 bridgehead atoms. The van der Waals surface area contributed by atoms with Gasteiger partial charge in [-0.15, -0.1) is 0 Å². The van der Waals surface area contributed by atoms with E-state index in [2.05, 4.69) is 10.1 Å². The molecule has 2 rings (SSSR count). The fraction of sp³-hybridized carbons (Fsp3) is 0.571. The lowest BCUT2D eigenvalue weighted by Crippen LogP contribution is -2.58. The predicted molar refractivity (Wildman–Crippen MR) is 42.9 cm³/mol. The molecular weight excluding hydrogens is 172 g/mol. The van der Waals surface area contributed by atoms with Gasteiger partial charge < -0.3 is 15.2 Å². The predicted octanol–water partition coefficient (Wildman–Crippen LogP) is -0.839. The Morgan fingerprint density at radius 3 is 2.85 bits per heavy atom. The van der Waals surface area contributed by atoms with Crippen molar-refractivity contribution in [3.8, 4) is 0 Å². The number of hydrogen-bond acceptors (Lipinski definition) is 5. The van der Waals surface area contributed by atoms with Crippen LogP contribution < -0.4 is 5.73 Å². The third kappa shape index (κ3) is 1.40.